The van der Waals surface area contributed by atoms with Crippen LogP contribution in [0.15, 0.2) is 39.7 Å². The van der Waals surface area contributed by atoms with Crippen LogP contribution in [0.1, 0.15) is 11.1 Å². The maximum Gasteiger partial charge on any atom is 0.107 e. The van der Waals surface area contributed by atoms with Crippen molar-refractivity contribution in [1.29, 1.82) is 0 Å². The third-order valence-electron chi connectivity index (χ3n) is 1.83. The van der Waals surface area contributed by atoms with Crippen LogP contribution in [0, 0.1) is 6.92 Å². The SMILES string of the molecule is Cc1ccc(C2=NN=NC2)cc1. The van der Waals surface area contributed by atoms with Gasteiger partial charge in [0, 0.05) is 0 Å². The van der Waals surface area contributed by atoms with Crippen LogP contribution in [0.25, 0.3) is 0 Å². The fourth-order valence-corrected chi connectivity index (χ4v) is 1.11. The maximum absolute atomic E-state index is 3.91. The molecule has 1 heterocycles. The van der Waals surface area contributed by atoms with E-state index in [0.29, 0.717) is 6.54 Å². The molecule has 0 saturated carbocycles. The minimum atomic E-state index is 0.614. The highest BCUT2D eigenvalue weighted by molar-refractivity contribution is 6.02. The lowest BCUT2D eigenvalue weighted by Crippen LogP contribution is -2.00. The molecule has 0 spiro atoms. The molecule has 60 valence electrons. The Kier molecular flexibility index (Phi) is 1.70. The van der Waals surface area contributed by atoms with Crippen LogP contribution in [-0.2, 0) is 0 Å². The molecule has 0 aromatic heterocycles. The van der Waals surface area contributed by atoms with Gasteiger partial charge in [-0.1, -0.05) is 29.8 Å². The summed E-state index contributed by atoms with van der Waals surface area (Å²) in [6.07, 6.45) is 0. The number of nitrogens with zero attached hydrogens (tertiary/aromatic N) is 3. The van der Waals surface area contributed by atoms with Crippen LogP contribution in [0.3, 0.4) is 0 Å². The summed E-state index contributed by atoms with van der Waals surface area (Å²) in [6.45, 7) is 2.68. The molecular weight excluding hydrogens is 150 g/mol. The van der Waals surface area contributed by atoms with Crippen molar-refractivity contribution in [3.05, 3.63) is 35.4 Å². The topological polar surface area (TPSA) is 37.1 Å². The van der Waals surface area contributed by atoms with Gasteiger partial charge < -0.3 is 0 Å². The van der Waals surface area contributed by atoms with E-state index in [-0.39, 0.29) is 0 Å². The molecule has 0 amide bonds. The van der Waals surface area contributed by atoms with E-state index in [1.54, 1.807) is 0 Å². The number of aryl methyl sites for hydroxylation is 1. The van der Waals surface area contributed by atoms with Gasteiger partial charge in [-0.05, 0) is 17.7 Å². The van der Waals surface area contributed by atoms with E-state index in [4.69, 9.17) is 0 Å². The van der Waals surface area contributed by atoms with Gasteiger partial charge in [-0.15, -0.1) is 5.10 Å². The minimum Gasteiger partial charge on any atom is -0.162 e. The van der Waals surface area contributed by atoms with Crippen LogP contribution in [-0.4, -0.2) is 12.3 Å². The summed E-state index contributed by atoms with van der Waals surface area (Å²) < 4.78 is 0. The van der Waals surface area contributed by atoms with Crippen LogP contribution in [0.2, 0.25) is 0 Å². The van der Waals surface area contributed by atoms with Gasteiger partial charge in [-0.3, -0.25) is 0 Å². The molecular formula is C9H9N3. The van der Waals surface area contributed by atoms with Gasteiger partial charge in [0.15, 0.2) is 0 Å². The molecule has 3 nitrogen and oxygen atoms in total. The lowest BCUT2D eigenvalue weighted by atomic mass is 10.1. The van der Waals surface area contributed by atoms with Crippen LogP contribution >= 0.6 is 0 Å². The first kappa shape index (κ1) is 7.16. The van der Waals surface area contributed by atoms with Crippen molar-refractivity contribution >= 4 is 5.71 Å². The number of hydrogen-bond acceptors (Lipinski definition) is 3. The van der Waals surface area contributed by atoms with Gasteiger partial charge in [0.2, 0.25) is 0 Å². The molecule has 0 bridgehead atoms. The predicted octanol–water partition coefficient (Wildman–Crippen LogP) is 2.16. The molecule has 1 aliphatic heterocycles. The first-order valence-corrected chi connectivity index (χ1v) is 3.86. The third-order valence-corrected chi connectivity index (χ3v) is 1.83. The molecule has 0 radical (unpaired) electrons. The Morgan fingerprint density at radius 3 is 2.50 bits per heavy atom. The van der Waals surface area contributed by atoms with Crippen LogP contribution < -0.4 is 0 Å². The van der Waals surface area contributed by atoms with Crippen molar-refractivity contribution in [2.45, 2.75) is 6.92 Å². The standard InChI is InChI=1S/C9H9N3/c1-7-2-4-8(5-3-7)9-6-10-12-11-9/h2-5H,6H2,1H3. The Morgan fingerprint density at radius 1 is 1.17 bits per heavy atom. The van der Waals surface area contributed by atoms with Gasteiger partial charge in [-0.2, -0.15) is 5.11 Å². The van der Waals surface area contributed by atoms with E-state index in [0.717, 1.165) is 11.3 Å². The van der Waals surface area contributed by atoms with Gasteiger partial charge in [0.1, 0.15) is 6.54 Å². The lowest BCUT2D eigenvalue weighted by molar-refractivity contribution is 1.06. The molecule has 12 heavy (non-hydrogen) atoms. The van der Waals surface area contributed by atoms with E-state index in [9.17, 15) is 0 Å². The largest absolute Gasteiger partial charge is 0.162 e. The predicted molar refractivity (Wildman–Crippen MR) is 47.4 cm³/mol. The van der Waals surface area contributed by atoms with Crippen molar-refractivity contribution in [2.75, 3.05) is 6.54 Å². The molecule has 0 atom stereocenters. The molecule has 0 aliphatic carbocycles. The fourth-order valence-electron chi connectivity index (χ4n) is 1.11. The lowest BCUT2D eigenvalue weighted by Gasteiger charge is -1.97. The summed E-state index contributed by atoms with van der Waals surface area (Å²) in [7, 11) is 0. The van der Waals surface area contributed by atoms with E-state index < -0.39 is 0 Å². The average Bonchev–Trinajstić information content (AvgIpc) is 2.58. The van der Waals surface area contributed by atoms with Crippen molar-refractivity contribution in [3.63, 3.8) is 0 Å². The maximum atomic E-state index is 3.91. The highest BCUT2D eigenvalue weighted by Crippen LogP contribution is 2.08. The second kappa shape index (κ2) is 2.85. The van der Waals surface area contributed by atoms with Gasteiger partial charge in [0.05, 0.1) is 5.71 Å². The Morgan fingerprint density at radius 2 is 1.92 bits per heavy atom. The molecule has 1 aromatic rings. The van der Waals surface area contributed by atoms with Crippen LogP contribution in [0.4, 0.5) is 0 Å². The van der Waals surface area contributed by atoms with E-state index in [1.807, 2.05) is 12.1 Å². The summed E-state index contributed by atoms with van der Waals surface area (Å²) in [4.78, 5) is 0. The molecule has 2 rings (SSSR count). The van der Waals surface area contributed by atoms with E-state index in [2.05, 4.69) is 34.5 Å². The van der Waals surface area contributed by atoms with E-state index >= 15 is 0 Å². The minimum absolute atomic E-state index is 0.614. The molecule has 0 unspecified atom stereocenters. The van der Waals surface area contributed by atoms with Crippen molar-refractivity contribution in [3.8, 4) is 0 Å². The Balaban J connectivity index is 2.30. The summed E-state index contributed by atoms with van der Waals surface area (Å²) in [5.41, 5.74) is 3.33. The van der Waals surface area contributed by atoms with Crippen molar-refractivity contribution in [2.24, 2.45) is 15.4 Å². The van der Waals surface area contributed by atoms with Gasteiger partial charge >= 0.3 is 0 Å². The monoisotopic (exact) mass is 159 g/mol. The number of benzene rings is 1. The molecule has 0 saturated heterocycles. The molecule has 3 heteroatoms. The number of hydrogen-bond donors (Lipinski definition) is 0. The highest BCUT2D eigenvalue weighted by atomic mass is 15.4. The Labute approximate surface area is 70.8 Å². The van der Waals surface area contributed by atoms with Gasteiger partial charge in [-0.25, -0.2) is 0 Å². The molecule has 0 N–H and O–H groups in total. The molecule has 1 aromatic carbocycles. The fraction of sp³-hybridized carbons (Fsp3) is 0.222. The second-order valence-electron chi connectivity index (χ2n) is 2.80. The first-order valence-electron chi connectivity index (χ1n) is 3.86. The second-order valence-corrected chi connectivity index (χ2v) is 2.80. The van der Waals surface area contributed by atoms with Crippen LogP contribution in [0.5, 0.6) is 0 Å². The smallest absolute Gasteiger partial charge is 0.107 e. The highest BCUT2D eigenvalue weighted by Gasteiger charge is 2.05. The Bertz CT molecular complexity index is 335. The summed E-state index contributed by atoms with van der Waals surface area (Å²) >= 11 is 0. The quantitative estimate of drug-likeness (QED) is 0.602. The summed E-state index contributed by atoms with van der Waals surface area (Å²) in [5.74, 6) is 0. The summed E-state index contributed by atoms with van der Waals surface area (Å²) in [5, 5.41) is 11.3. The zero-order valence-corrected chi connectivity index (χ0v) is 6.86. The van der Waals surface area contributed by atoms with Crippen molar-refractivity contribution < 1.29 is 0 Å². The van der Waals surface area contributed by atoms with E-state index in [1.165, 1.54) is 5.56 Å². The average molecular weight is 159 g/mol. The zero-order valence-electron chi connectivity index (χ0n) is 6.86. The van der Waals surface area contributed by atoms with Crippen molar-refractivity contribution in [1.82, 2.24) is 0 Å². The normalized spacial score (nSPS) is 14.9. The van der Waals surface area contributed by atoms with Gasteiger partial charge in [0.25, 0.3) is 0 Å². The third kappa shape index (κ3) is 1.25. The Hall–Kier alpha value is -1.51. The zero-order chi connectivity index (χ0) is 8.39. The molecule has 0 fully saturated rings. The number of rotatable bonds is 1. The first-order chi connectivity index (χ1) is 5.86. The molecule has 1 aliphatic rings. The summed E-state index contributed by atoms with van der Waals surface area (Å²) in [6, 6.07) is 8.22.